The average Bonchev–Trinajstić information content (AvgIpc) is 2.81. The Kier molecular flexibility index (Phi) is 5.81. The Labute approximate surface area is 130 Å². The number of carbonyl (C=O) groups excluding carboxylic acids is 1. The van der Waals surface area contributed by atoms with E-state index in [1.54, 1.807) is 6.07 Å². The number of benzene rings is 1. The Bertz CT molecular complexity index is 672. The van der Waals surface area contributed by atoms with Gasteiger partial charge in [0.25, 0.3) is 0 Å². The Morgan fingerprint density at radius 3 is 2.86 bits per heavy atom. The van der Waals surface area contributed by atoms with Gasteiger partial charge in [0.1, 0.15) is 0 Å². The molecular weight excluding hydrogens is 280 g/mol. The molecule has 0 spiro atoms. The molecule has 1 unspecified atom stereocenters. The third kappa shape index (κ3) is 4.23. The van der Waals surface area contributed by atoms with Gasteiger partial charge in [0.2, 0.25) is 5.91 Å². The number of hydrogen-bond acceptors (Lipinski definition) is 3. The molecule has 1 amide bonds. The molecule has 5 nitrogen and oxygen atoms in total. The van der Waals surface area contributed by atoms with Crippen molar-refractivity contribution in [3.05, 3.63) is 34.8 Å². The maximum absolute atomic E-state index is 12.0. The van der Waals surface area contributed by atoms with Crippen LogP contribution in [-0.4, -0.2) is 16.5 Å². The van der Waals surface area contributed by atoms with Crippen molar-refractivity contribution in [2.75, 3.05) is 0 Å². The number of para-hydroxylation sites is 2. The fourth-order valence-corrected chi connectivity index (χ4v) is 2.56. The van der Waals surface area contributed by atoms with E-state index >= 15 is 0 Å². The molecule has 0 radical (unpaired) electrons. The van der Waals surface area contributed by atoms with Gasteiger partial charge in [0.05, 0.1) is 5.52 Å². The third-order valence-corrected chi connectivity index (χ3v) is 3.78. The van der Waals surface area contributed by atoms with Gasteiger partial charge in [-0.05, 0) is 25.5 Å². The van der Waals surface area contributed by atoms with Crippen molar-refractivity contribution in [2.45, 2.75) is 58.5 Å². The number of rotatable bonds is 8. The Hall–Kier alpha value is -2.04. The normalized spacial score (nSPS) is 12.5. The number of nitrogens with zero attached hydrogens (tertiary/aromatic N) is 1. The minimum Gasteiger partial charge on any atom is -0.408 e. The predicted octanol–water partition coefficient (Wildman–Crippen LogP) is 3.07. The maximum atomic E-state index is 12.0. The molecule has 1 aromatic heterocycles. The minimum atomic E-state index is -0.412. The molecule has 2 rings (SSSR count). The van der Waals surface area contributed by atoms with Crippen molar-refractivity contribution in [2.24, 2.45) is 0 Å². The van der Waals surface area contributed by atoms with Crippen molar-refractivity contribution in [1.82, 2.24) is 9.88 Å². The Morgan fingerprint density at radius 2 is 2.09 bits per heavy atom. The van der Waals surface area contributed by atoms with Crippen LogP contribution in [0.5, 0.6) is 0 Å². The lowest BCUT2D eigenvalue weighted by Crippen LogP contribution is -2.33. The summed E-state index contributed by atoms with van der Waals surface area (Å²) in [6.45, 7) is 4.52. The number of nitrogens with one attached hydrogen (secondary N) is 1. The highest BCUT2D eigenvalue weighted by atomic mass is 16.4. The first-order valence-electron chi connectivity index (χ1n) is 7.99. The van der Waals surface area contributed by atoms with Crippen molar-refractivity contribution in [3.63, 3.8) is 0 Å². The second-order valence-electron chi connectivity index (χ2n) is 5.70. The molecule has 0 saturated heterocycles. The van der Waals surface area contributed by atoms with Crippen molar-refractivity contribution >= 4 is 17.0 Å². The fraction of sp³-hybridized carbons (Fsp3) is 0.529. The van der Waals surface area contributed by atoms with Gasteiger partial charge in [-0.1, -0.05) is 38.3 Å². The highest BCUT2D eigenvalue weighted by Crippen LogP contribution is 2.12. The smallest absolute Gasteiger partial charge is 0.408 e. The summed E-state index contributed by atoms with van der Waals surface area (Å²) in [5.74, 6) is -0.439. The number of amides is 1. The molecule has 1 aromatic carbocycles. The van der Waals surface area contributed by atoms with E-state index in [9.17, 15) is 9.59 Å². The molecule has 5 heteroatoms. The topological polar surface area (TPSA) is 64.2 Å². The van der Waals surface area contributed by atoms with E-state index in [4.69, 9.17) is 4.42 Å². The zero-order valence-corrected chi connectivity index (χ0v) is 13.3. The van der Waals surface area contributed by atoms with Crippen LogP contribution in [0.25, 0.3) is 11.1 Å². The lowest BCUT2D eigenvalue weighted by molar-refractivity contribution is -0.121. The zero-order chi connectivity index (χ0) is 15.9. The third-order valence-electron chi connectivity index (χ3n) is 3.78. The quantitative estimate of drug-likeness (QED) is 0.762. The van der Waals surface area contributed by atoms with Crippen LogP contribution in [0.1, 0.15) is 46.0 Å². The Balaban J connectivity index is 1.88. The molecule has 1 heterocycles. The summed E-state index contributed by atoms with van der Waals surface area (Å²) < 4.78 is 6.66. The number of hydrogen-bond donors (Lipinski definition) is 1. The van der Waals surface area contributed by atoms with Crippen LogP contribution in [0.3, 0.4) is 0 Å². The summed E-state index contributed by atoms with van der Waals surface area (Å²) in [4.78, 5) is 23.8. The van der Waals surface area contributed by atoms with Gasteiger partial charge in [0.15, 0.2) is 5.58 Å². The van der Waals surface area contributed by atoms with Crippen LogP contribution in [0.2, 0.25) is 0 Å². The molecule has 1 N–H and O–H groups in total. The molecule has 0 aliphatic heterocycles. The zero-order valence-electron chi connectivity index (χ0n) is 13.3. The summed E-state index contributed by atoms with van der Waals surface area (Å²) in [5, 5.41) is 2.98. The molecule has 0 fully saturated rings. The molecule has 120 valence electrons. The van der Waals surface area contributed by atoms with Gasteiger partial charge in [-0.15, -0.1) is 0 Å². The SMILES string of the molecule is CCCCCC(C)NC(=O)CCn1c(=O)oc2ccccc21. The highest BCUT2D eigenvalue weighted by Gasteiger charge is 2.11. The summed E-state index contributed by atoms with van der Waals surface area (Å²) in [7, 11) is 0. The number of aryl methyl sites for hydroxylation is 1. The van der Waals surface area contributed by atoms with E-state index < -0.39 is 5.76 Å². The molecule has 0 aliphatic carbocycles. The van der Waals surface area contributed by atoms with Gasteiger partial charge in [-0.2, -0.15) is 0 Å². The van der Waals surface area contributed by atoms with E-state index in [2.05, 4.69) is 12.2 Å². The maximum Gasteiger partial charge on any atom is 0.419 e. The van der Waals surface area contributed by atoms with E-state index in [-0.39, 0.29) is 18.4 Å². The summed E-state index contributed by atoms with van der Waals surface area (Å²) in [5.41, 5.74) is 1.29. The molecule has 0 aliphatic rings. The van der Waals surface area contributed by atoms with Crippen LogP contribution in [0.15, 0.2) is 33.5 Å². The monoisotopic (exact) mass is 304 g/mol. The number of fused-ring (bicyclic) bond motifs is 1. The molecule has 22 heavy (non-hydrogen) atoms. The Morgan fingerprint density at radius 1 is 1.32 bits per heavy atom. The second-order valence-corrected chi connectivity index (χ2v) is 5.70. The van der Waals surface area contributed by atoms with Crippen molar-refractivity contribution in [3.8, 4) is 0 Å². The van der Waals surface area contributed by atoms with Gasteiger partial charge in [0, 0.05) is 19.0 Å². The molecular formula is C17H24N2O3. The second kappa shape index (κ2) is 7.82. The van der Waals surface area contributed by atoms with Crippen LogP contribution in [0, 0.1) is 0 Å². The van der Waals surface area contributed by atoms with E-state index in [0.29, 0.717) is 12.1 Å². The molecule has 1 atom stereocenters. The van der Waals surface area contributed by atoms with Crippen molar-refractivity contribution in [1.29, 1.82) is 0 Å². The molecule has 0 bridgehead atoms. The standard InChI is InChI=1S/C17H24N2O3/c1-3-4-5-8-13(2)18-16(20)11-12-19-14-9-6-7-10-15(14)22-17(19)21/h6-7,9-10,13H,3-5,8,11-12H2,1-2H3,(H,18,20). The van der Waals surface area contributed by atoms with Gasteiger partial charge < -0.3 is 9.73 Å². The summed E-state index contributed by atoms with van der Waals surface area (Å²) >= 11 is 0. The molecule has 2 aromatic rings. The average molecular weight is 304 g/mol. The van der Waals surface area contributed by atoms with E-state index in [1.165, 1.54) is 17.4 Å². The van der Waals surface area contributed by atoms with Crippen LogP contribution in [0.4, 0.5) is 0 Å². The number of unbranched alkanes of at least 4 members (excludes halogenated alkanes) is 2. The number of oxazole rings is 1. The van der Waals surface area contributed by atoms with Gasteiger partial charge in [-0.3, -0.25) is 9.36 Å². The lowest BCUT2D eigenvalue weighted by atomic mass is 10.1. The first kappa shape index (κ1) is 16.3. The van der Waals surface area contributed by atoms with E-state index in [0.717, 1.165) is 18.4 Å². The largest absolute Gasteiger partial charge is 0.419 e. The predicted molar refractivity (Wildman–Crippen MR) is 86.8 cm³/mol. The van der Waals surface area contributed by atoms with Crippen LogP contribution >= 0.6 is 0 Å². The number of carbonyl (C=O) groups is 1. The van der Waals surface area contributed by atoms with Crippen molar-refractivity contribution < 1.29 is 9.21 Å². The lowest BCUT2D eigenvalue weighted by Gasteiger charge is -2.13. The number of aromatic nitrogens is 1. The first-order valence-corrected chi connectivity index (χ1v) is 7.99. The molecule has 0 saturated carbocycles. The van der Waals surface area contributed by atoms with E-state index in [1.807, 2.05) is 25.1 Å². The summed E-state index contributed by atoms with van der Waals surface area (Å²) in [6, 6.07) is 7.43. The highest BCUT2D eigenvalue weighted by molar-refractivity contribution is 5.77. The fourth-order valence-electron chi connectivity index (χ4n) is 2.56. The van der Waals surface area contributed by atoms with Gasteiger partial charge in [-0.25, -0.2) is 4.79 Å². The summed E-state index contributed by atoms with van der Waals surface area (Å²) in [6.07, 6.45) is 4.77. The van der Waals surface area contributed by atoms with Crippen LogP contribution < -0.4 is 11.1 Å². The first-order chi connectivity index (χ1) is 10.6. The minimum absolute atomic E-state index is 0.0267. The van der Waals surface area contributed by atoms with Gasteiger partial charge >= 0.3 is 5.76 Å². The van der Waals surface area contributed by atoms with Crippen LogP contribution in [-0.2, 0) is 11.3 Å².